The summed E-state index contributed by atoms with van der Waals surface area (Å²) in [4.78, 5) is 12.3. The van der Waals surface area contributed by atoms with Crippen molar-refractivity contribution in [3.05, 3.63) is 34.4 Å². The minimum absolute atomic E-state index is 0.0177. The highest BCUT2D eigenvalue weighted by molar-refractivity contribution is 5.52. The lowest BCUT2D eigenvalue weighted by Crippen LogP contribution is -2.49. The van der Waals surface area contributed by atoms with E-state index in [-0.39, 0.29) is 24.4 Å². The molecule has 2 rings (SSSR count). The van der Waals surface area contributed by atoms with Crippen LogP contribution in [0.15, 0.2) is 24.3 Å². The summed E-state index contributed by atoms with van der Waals surface area (Å²) in [6.45, 7) is 3.14. The molecule has 1 fully saturated rings. The zero-order valence-electron chi connectivity index (χ0n) is 10.2. The molecule has 6 heteroatoms. The average molecular weight is 252 g/mol. The van der Waals surface area contributed by atoms with E-state index in [1.807, 2.05) is 6.92 Å². The summed E-state index contributed by atoms with van der Waals surface area (Å²) in [6.07, 6.45) is -0.198. The van der Waals surface area contributed by atoms with Gasteiger partial charge in [-0.15, -0.1) is 0 Å². The van der Waals surface area contributed by atoms with E-state index in [1.165, 1.54) is 12.1 Å². The summed E-state index contributed by atoms with van der Waals surface area (Å²) in [6, 6.07) is 6.63. The molecule has 0 bridgehead atoms. The summed E-state index contributed by atoms with van der Waals surface area (Å²) in [5, 5.41) is 19.7. The van der Waals surface area contributed by atoms with Crippen LogP contribution in [0.25, 0.3) is 0 Å². The molecule has 0 aromatic heterocycles. The highest BCUT2D eigenvalue weighted by atomic mass is 16.6. The molecule has 0 saturated carbocycles. The number of nitro groups is 1. The van der Waals surface area contributed by atoms with Gasteiger partial charge in [0.05, 0.1) is 24.2 Å². The van der Waals surface area contributed by atoms with E-state index < -0.39 is 4.92 Å². The second-order valence-corrected chi connectivity index (χ2v) is 4.41. The van der Waals surface area contributed by atoms with Gasteiger partial charge < -0.3 is 14.7 Å². The third-order valence-electron chi connectivity index (χ3n) is 3.10. The first-order chi connectivity index (χ1) is 8.61. The van der Waals surface area contributed by atoms with E-state index in [4.69, 9.17) is 9.84 Å². The second-order valence-electron chi connectivity index (χ2n) is 4.41. The Labute approximate surface area is 105 Å². The fourth-order valence-corrected chi connectivity index (χ4v) is 2.05. The molecular formula is C12H16N2O4. The van der Waals surface area contributed by atoms with Gasteiger partial charge >= 0.3 is 0 Å². The topological polar surface area (TPSA) is 75.8 Å². The minimum atomic E-state index is -0.414. The van der Waals surface area contributed by atoms with Gasteiger partial charge in [0.1, 0.15) is 0 Å². The van der Waals surface area contributed by atoms with Crippen molar-refractivity contribution in [2.24, 2.45) is 0 Å². The Kier molecular flexibility index (Phi) is 3.78. The van der Waals surface area contributed by atoms with Crippen molar-refractivity contribution in [3.63, 3.8) is 0 Å². The molecular weight excluding hydrogens is 236 g/mol. The Morgan fingerprint density at radius 2 is 2.17 bits per heavy atom. The molecule has 18 heavy (non-hydrogen) atoms. The van der Waals surface area contributed by atoms with Crippen LogP contribution in [0.2, 0.25) is 0 Å². The molecule has 1 aromatic rings. The van der Waals surface area contributed by atoms with Crippen LogP contribution >= 0.6 is 0 Å². The molecule has 2 atom stereocenters. The maximum Gasteiger partial charge on any atom is 0.269 e. The summed E-state index contributed by atoms with van der Waals surface area (Å²) < 4.78 is 5.45. The molecule has 98 valence electrons. The number of hydrogen-bond acceptors (Lipinski definition) is 5. The van der Waals surface area contributed by atoms with Crippen molar-refractivity contribution in [2.45, 2.75) is 19.1 Å². The summed E-state index contributed by atoms with van der Waals surface area (Å²) in [7, 11) is 0. The molecule has 0 radical (unpaired) electrons. The Balaban J connectivity index is 2.16. The van der Waals surface area contributed by atoms with Crippen molar-refractivity contribution in [3.8, 4) is 0 Å². The monoisotopic (exact) mass is 252 g/mol. The number of nitro benzene ring substituents is 1. The van der Waals surface area contributed by atoms with Gasteiger partial charge in [0.2, 0.25) is 0 Å². The quantitative estimate of drug-likeness (QED) is 0.645. The SMILES string of the molecule is CC1COC(CO)CN1c1ccc([N+](=O)[O-])cc1. The number of anilines is 1. The zero-order chi connectivity index (χ0) is 13.1. The second kappa shape index (κ2) is 5.32. The van der Waals surface area contributed by atoms with E-state index in [9.17, 15) is 10.1 Å². The number of morpholine rings is 1. The largest absolute Gasteiger partial charge is 0.394 e. The summed E-state index contributed by atoms with van der Waals surface area (Å²) in [5.41, 5.74) is 0.994. The lowest BCUT2D eigenvalue weighted by Gasteiger charge is -2.39. The first-order valence-electron chi connectivity index (χ1n) is 5.85. The normalized spacial score (nSPS) is 24.0. The molecule has 1 aromatic carbocycles. The van der Waals surface area contributed by atoms with Crippen LogP contribution in [0.1, 0.15) is 6.92 Å². The zero-order valence-corrected chi connectivity index (χ0v) is 10.2. The van der Waals surface area contributed by atoms with Crippen molar-refractivity contribution in [1.82, 2.24) is 0 Å². The van der Waals surface area contributed by atoms with Crippen LogP contribution in [0.3, 0.4) is 0 Å². The van der Waals surface area contributed by atoms with Crippen LogP contribution < -0.4 is 4.90 Å². The van der Waals surface area contributed by atoms with E-state index >= 15 is 0 Å². The number of ether oxygens (including phenoxy) is 1. The Hall–Kier alpha value is -1.66. The van der Waals surface area contributed by atoms with Gasteiger partial charge in [0.15, 0.2) is 0 Å². The van der Waals surface area contributed by atoms with Crippen molar-refractivity contribution in [1.29, 1.82) is 0 Å². The number of aliphatic hydroxyl groups excluding tert-OH is 1. The standard InChI is InChI=1S/C12H16N2O4/c1-9-8-18-12(7-15)6-13(9)10-2-4-11(5-3-10)14(16)17/h2-5,9,12,15H,6-8H2,1H3. The maximum absolute atomic E-state index is 10.6. The van der Waals surface area contributed by atoms with Crippen LogP contribution in [0.4, 0.5) is 11.4 Å². The van der Waals surface area contributed by atoms with Gasteiger partial charge in [-0.05, 0) is 19.1 Å². The van der Waals surface area contributed by atoms with Gasteiger partial charge in [-0.3, -0.25) is 10.1 Å². The van der Waals surface area contributed by atoms with Gasteiger partial charge in [0.25, 0.3) is 5.69 Å². The number of rotatable bonds is 3. The molecule has 1 aliphatic rings. The predicted molar refractivity (Wildman–Crippen MR) is 66.7 cm³/mol. The van der Waals surface area contributed by atoms with Gasteiger partial charge in [-0.1, -0.05) is 0 Å². The van der Waals surface area contributed by atoms with Crippen LogP contribution in [0, 0.1) is 10.1 Å². The van der Waals surface area contributed by atoms with E-state index in [2.05, 4.69) is 4.90 Å². The Morgan fingerprint density at radius 1 is 1.50 bits per heavy atom. The van der Waals surface area contributed by atoms with E-state index in [0.29, 0.717) is 13.2 Å². The van der Waals surface area contributed by atoms with Crippen LogP contribution in [-0.2, 0) is 4.74 Å². The number of non-ortho nitro benzene ring substituents is 1. The fraction of sp³-hybridized carbons (Fsp3) is 0.500. The molecule has 0 aliphatic carbocycles. The molecule has 0 spiro atoms. The van der Waals surface area contributed by atoms with E-state index in [1.54, 1.807) is 12.1 Å². The summed E-state index contributed by atoms with van der Waals surface area (Å²) >= 11 is 0. The molecule has 0 amide bonds. The van der Waals surface area contributed by atoms with Gasteiger partial charge in [-0.25, -0.2) is 0 Å². The Morgan fingerprint density at radius 3 is 2.72 bits per heavy atom. The maximum atomic E-state index is 10.6. The average Bonchev–Trinajstić information content (AvgIpc) is 2.39. The molecule has 1 saturated heterocycles. The minimum Gasteiger partial charge on any atom is -0.394 e. The molecule has 2 unspecified atom stereocenters. The smallest absolute Gasteiger partial charge is 0.269 e. The number of hydrogen-bond donors (Lipinski definition) is 1. The molecule has 1 N–H and O–H groups in total. The number of benzene rings is 1. The first kappa shape index (κ1) is 12.8. The molecule has 1 heterocycles. The number of nitrogens with zero attached hydrogens (tertiary/aromatic N) is 2. The van der Waals surface area contributed by atoms with Gasteiger partial charge in [0, 0.05) is 30.4 Å². The van der Waals surface area contributed by atoms with Gasteiger partial charge in [-0.2, -0.15) is 0 Å². The fourth-order valence-electron chi connectivity index (χ4n) is 2.05. The summed E-state index contributed by atoms with van der Waals surface area (Å²) in [5.74, 6) is 0. The third kappa shape index (κ3) is 2.60. The third-order valence-corrected chi connectivity index (χ3v) is 3.10. The predicted octanol–water partition coefficient (Wildman–Crippen LogP) is 1.18. The molecule has 6 nitrogen and oxygen atoms in total. The van der Waals surface area contributed by atoms with Crippen LogP contribution in [-0.4, -0.2) is 41.9 Å². The van der Waals surface area contributed by atoms with Crippen molar-refractivity contribution >= 4 is 11.4 Å². The van der Waals surface area contributed by atoms with Crippen molar-refractivity contribution < 1.29 is 14.8 Å². The highest BCUT2D eigenvalue weighted by Gasteiger charge is 2.25. The highest BCUT2D eigenvalue weighted by Crippen LogP contribution is 2.24. The molecule has 1 aliphatic heterocycles. The lowest BCUT2D eigenvalue weighted by molar-refractivity contribution is -0.384. The first-order valence-corrected chi connectivity index (χ1v) is 5.85. The lowest BCUT2D eigenvalue weighted by atomic mass is 10.1. The number of aliphatic hydroxyl groups is 1. The van der Waals surface area contributed by atoms with Crippen LogP contribution in [0.5, 0.6) is 0 Å². The van der Waals surface area contributed by atoms with E-state index in [0.717, 1.165) is 5.69 Å². The van der Waals surface area contributed by atoms with Crippen molar-refractivity contribution in [2.75, 3.05) is 24.7 Å². The Bertz CT molecular complexity index is 421.